The van der Waals surface area contributed by atoms with Gasteiger partial charge in [-0.1, -0.05) is 42.5 Å². The number of rotatable bonds is 3. The molecule has 5 rings (SSSR count). The average Bonchev–Trinajstić information content (AvgIpc) is 3.20. The zero-order chi connectivity index (χ0) is 22.8. The first-order chi connectivity index (χ1) is 16.1. The highest BCUT2D eigenvalue weighted by Gasteiger charge is 2.27. The van der Waals surface area contributed by atoms with Crippen molar-refractivity contribution in [2.45, 2.75) is 0 Å². The largest absolute Gasteiger partial charge is 0.402 e. The maximum Gasteiger partial charge on any atom is 0.365 e. The number of halogens is 1. The summed E-state index contributed by atoms with van der Waals surface area (Å²) in [6, 6.07) is 19.6. The Bertz CT molecular complexity index is 1280. The molecule has 0 amide bonds. The summed E-state index contributed by atoms with van der Waals surface area (Å²) >= 11 is 0. The fraction of sp³-hybridized carbons (Fsp3) is 0.160. The normalized spacial score (nSPS) is 17.3. The molecule has 2 N–H and O–H groups in total. The van der Waals surface area contributed by atoms with Gasteiger partial charge >= 0.3 is 5.97 Å². The van der Waals surface area contributed by atoms with Gasteiger partial charge in [-0.2, -0.15) is 0 Å². The van der Waals surface area contributed by atoms with Crippen molar-refractivity contribution in [1.29, 1.82) is 5.41 Å². The van der Waals surface area contributed by atoms with Crippen LogP contribution in [-0.4, -0.2) is 53.8 Å². The third-order valence-corrected chi connectivity index (χ3v) is 5.69. The van der Waals surface area contributed by atoms with E-state index in [1.807, 2.05) is 46.2 Å². The lowest BCUT2D eigenvalue weighted by Gasteiger charge is -2.35. The average molecular weight is 443 g/mol. The molecule has 0 aliphatic carbocycles. The third-order valence-electron chi connectivity index (χ3n) is 5.69. The summed E-state index contributed by atoms with van der Waals surface area (Å²) in [5.74, 6) is -0.341. The molecule has 7 nitrogen and oxygen atoms in total. The van der Waals surface area contributed by atoms with E-state index in [0.29, 0.717) is 48.5 Å². The minimum Gasteiger partial charge on any atom is -0.402 e. The van der Waals surface area contributed by atoms with E-state index in [4.69, 9.17) is 10.1 Å². The molecule has 1 saturated heterocycles. The lowest BCUT2D eigenvalue weighted by Crippen LogP contribution is -2.48. The van der Waals surface area contributed by atoms with Crippen molar-refractivity contribution in [2.24, 2.45) is 4.99 Å². The van der Waals surface area contributed by atoms with Crippen molar-refractivity contribution >= 4 is 34.3 Å². The van der Waals surface area contributed by atoms with Crippen LogP contribution in [0.3, 0.4) is 0 Å². The van der Waals surface area contributed by atoms with Crippen LogP contribution in [0.25, 0.3) is 10.8 Å². The molecule has 33 heavy (non-hydrogen) atoms. The molecule has 0 unspecified atom stereocenters. The van der Waals surface area contributed by atoms with Crippen LogP contribution < -0.4 is 5.32 Å². The molecule has 0 spiro atoms. The summed E-state index contributed by atoms with van der Waals surface area (Å²) in [5, 5.41) is 12.5. The van der Waals surface area contributed by atoms with Gasteiger partial charge in [-0.25, -0.2) is 14.2 Å². The minimum atomic E-state index is -0.528. The topological polar surface area (TPSA) is 81.0 Å². The maximum atomic E-state index is 14.1. The van der Waals surface area contributed by atoms with Gasteiger partial charge < -0.3 is 19.9 Å². The van der Waals surface area contributed by atoms with Crippen molar-refractivity contribution in [3.05, 3.63) is 90.0 Å². The molecule has 0 saturated carbocycles. The molecular formula is C25H22FN5O2. The van der Waals surface area contributed by atoms with Crippen LogP contribution in [0.15, 0.2) is 83.6 Å². The van der Waals surface area contributed by atoms with E-state index in [1.165, 1.54) is 6.07 Å². The molecule has 2 heterocycles. The van der Waals surface area contributed by atoms with Gasteiger partial charge in [0.25, 0.3) is 0 Å². The highest BCUT2D eigenvalue weighted by Crippen LogP contribution is 2.26. The summed E-state index contributed by atoms with van der Waals surface area (Å²) in [5.41, 5.74) is 1.66. The monoisotopic (exact) mass is 443 g/mol. The van der Waals surface area contributed by atoms with Gasteiger partial charge in [-0.05, 0) is 29.7 Å². The van der Waals surface area contributed by atoms with Gasteiger partial charge in [0.1, 0.15) is 5.82 Å². The first kappa shape index (κ1) is 20.7. The number of fused-ring (bicyclic) bond motifs is 1. The number of hydrogen-bond donors (Lipinski definition) is 2. The van der Waals surface area contributed by atoms with E-state index in [1.54, 1.807) is 30.5 Å². The number of nitrogens with zero attached hydrogens (tertiary/aromatic N) is 3. The summed E-state index contributed by atoms with van der Waals surface area (Å²) in [6.45, 7) is 2.55. The number of anilines is 1. The van der Waals surface area contributed by atoms with Gasteiger partial charge in [0.2, 0.25) is 5.90 Å². The van der Waals surface area contributed by atoms with Crippen molar-refractivity contribution < 1.29 is 13.9 Å². The highest BCUT2D eigenvalue weighted by atomic mass is 19.1. The van der Waals surface area contributed by atoms with E-state index in [9.17, 15) is 9.18 Å². The standard InChI is InChI=1S/C25H22FN5O2/c26-21-11-10-20(18-8-4-5-9-19(18)21)23-29-22(24(32)33-23)16-30-12-14-31(15-13-30)25(27)28-17-6-2-1-3-7-17/h1-11,16H,12-15H2,(H2,27,28)/b22-16+. The smallest absolute Gasteiger partial charge is 0.365 e. The van der Waals surface area contributed by atoms with Gasteiger partial charge in [0.15, 0.2) is 11.7 Å². The Hall–Kier alpha value is -4.20. The predicted octanol–water partition coefficient (Wildman–Crippen LogP) is 3.79. The molecule has 3 aromatic rings. The molecule has 0 atom stereocenters. The van der Waals surface area contributed by atoms with E-state index in [0.717, 1.165) is 5.69 Å². The van der Waals surface area contributed by atoms with Crippen molar-refractivity contribution in [3.63, 3.8) is 0 Å². The number of aliphatic imine (C=N–C) groups is 1. The quantitative estimate of drug-likeness (QED) is 0.279. The van der Waals surface area contributed by atoms with Crippen molar-refractivity contribution in [3.8, 4) is 0 Å². The lowest BCUT2D eigenvalue weighted by molar-refractivity contribution is -0.130. The molecule has 166 valence electrons. The summed E-state index contributed by atoms with van der Waals surface area (Å²) < 4.78 is 19.6. The summed E-state index contributed by atoms with van der Waals surface area (Å²) in [7, 11) is 0. The molecule has 1 fully saturated rings. The van der Waals surface area contributed by atoms with Crippen molar-refractivity contribution in [2.75, 3.05) is 31.5 Å². The number of carbonyl (C=O) groups is 1. The maximum absolute atomic E-state index is 14.1. The SMILES string of the molecule is N=C(Nc1ccccc1)N1CCN(/C=C2/N=C(c3ccc(F)c4ccccc34)OC2=O)CC1. The molecule has 2 aliphatic rings. The van der Waals surface area contributed by atoms with Crippen LogP contribution in [0, 0.1) is 11.2 Å². The van der Waals surface area contributed by atoms with E-state index in [-0.39, 0.29) is 17.4 Å². The Morgan fingerprint density at radius 1 is 0.970 bits per heavy atom. The number of cyclic esters (lactones) is 1. The number of guanidine groups is 1. The fourth-order valence-corrected chi connectivity index (χ4v) is 3.95. The van der Waals surface area contributed by atoms with Crippen LogP contribution in [0.5, 0.6) is 0 Å². The van der Waals surface area contributed by atoms with Crippen LogP contribution in [0.1, 0.15) is 5.56 Å². The minimum absolute atomic E-state index is 0.176. The fourth-order valence-electron chi connectivity index (χ4n) is 3.95. The molecule has 8 heteroatoms. The Morgan fingerprint density at radius 3 is 2.42 bits per heavy atom. The number of carbonyl (C=O) groups excluding carboxylic acids is 1. The van der Waals surface area contributed by atoms with E-state index < -0.39 is 5.97 Å². The molecule has 2 aliphatic heterocycles. The first-order valence-corrected chi connectivity index (χ1v) is 10.7. The van der Waals surface area contributed by atoms with Gasteiger partial charge in [0, 0.05) is 49.0 Å². The van der Waals surface area contributed by atoms with Gasteiger partial charge in [0.05, 0.1) is 0 Å². The van der Waals surface area contributed by atoms with Crippen molar-refractivity contribution in [1.82, 2.24) is 9.80 Å². The summed E-state index contributed by atoms with van der Waals surface area (Å²) in [4.78, 5) is 20.8. The number of piperazine rings is 1. The zero-order valence-corrected chi connectivity index (χ0v) is 17.8. The Labute approximate surface area is 190 Å². The first-order valence-electron chi connectivity index (χ1n) is 10.7. The van der Waals surface area contributed by atoms with E-state index in [2.05, 4.69) is 10.3 Å². The summed E-state index contributed by atoms with van der Waals surface area (Å²) in [6.07, 6.45) is 1.70. The van der Waals surface area contributed by atoms with E-state index >= 15 is 0 Å². The molecule has 3 aromatic carbocycles. The number of para-hydroxylation sites is 1. The second-order valence-electron chi connectivity index (χ2n) is 7.82. The van der Waals surface area contributed by atoms with Crippen LogP contribution >= 0.6 is 0 Å². The lowest BCUT2D eigenvalue weighted by atomic mass is 10.0. The Kier molecular flexibility index (Phi) is 5.48. The Morgan fingerprint density at radius 2 is 1.67 bits per heavy atom. The van der Waals surface area contributed by atoms with Crippen LogP contribution in [0.4, 0.5) is 10.1 Å². The van der Waals surface area contributed by atoms with Crippen LogP contribution in [0.2, 0.25) is 0 Å². The highest BCUT2D eigenvalue weighted by molar-refractivity contribution is 6.16. The number of benzene rings is 3. The second-order valence-corrected chi connectivity index (χ2v) is 7.82. The number of ether oxygens (including phenoxy) is 1. The number of esters is 1. The predicted molar refractivity (Wildman–Crippen MR) is 126 cm³/mol. The third kappa shape index (κ3) is 4.27. The molecule has 0 radical (unpaired) electrons. The van der Waals surface area contributed by atoms with Gasteiger partial charge in [-0.3, -0.25) is 5.41 Å². The Balaban J connectivity index is 1.28. The second kappa shape index (κ2) is 8.74. The number of hydrogen-bond acceptors (Lipinski definition) is 5. The molecule has 0 aromatic heterocycles. The molecule has 0 bridgehead atoms. The number of nitrogens with one attached hydrogen (secondary N) is 2. The zero-order valence-electron chi connectivity index (χ0n) is 17.8. The van der Waals surface area contributed by atoms with Crippen LogP contribution in [-0.2, 0) is 9.53 Å². The van der Waals surface area contributed by atoms with Gasteiger partial charge in [-0.15, -0.1) is 0 Å². The molecular weight excluding hydrogens is 421 g/mol.